The number of benzene rings is 1. The average molecular weight is 538 g/mol. The molecule has 4 aliphatic rings. The first-order valence-corrected chi connectivity index (χ1v) is 13.4. The number of hydrogen-bond acceptors (Lipinski definition) is 9. The van der Waals surface area contributed by atoms with Crippen molar-refractivity contribution in [3.63, 3.8) is 0 Å². The SMILES string of the molecule is C=CCN(C)Cc1cc(C2CC2)c2c(c1O)C(=O)C1C(=O)[C@]3(O)C(=O)C(C(N)=O)C(=O)[C@@H](N(C)C)[C@@H]3C[C@@H]1C2. The van der Waals surface area contributed by atoms with Crippen LogP contribution in [0.2, 0.25) is 0 Å². The number of ketones is 4. The number of carbonyl (C=O) groups is 5. The average Bonchev–Trinajstić information content (AvgIpc) is 3.68. The maximum atomic E-state index is 14.1. The van der Waals surface area contributed by atoms with E-state index in [-0.39, 0.29) is 23.7 Å². The molecular formula is C29H35N3O7. The monoisotopic (exact) mass is 537 g/mol. The lowest BCUT2D eigenvalue weighted by Gasteiger charge is -2.52. The second-order valence-corrected chi connectivity index (χ2v) is 11.9. The van der Waals surface area contributed by atoms with Gasteiger partial charge in [0.25, 0.3) is 0 Å². The van der Waals surface area contributed by atoms with Gasteiger partial charge in [-0.25, -0.2) is 0 Å². The van der Waals surface area contributed by atoms with E-state index in [4.69, 9.17) is 5.73 Å². The molecular weight excluding hydrogens is 502 g/mol. The van der Waals surface area contributed by atoms with E-state index in [1.54, 1.807) is 20.2 Å². The molecule has 2 unspecified atom stereocenters. The van der Waals surface area contributed by atoms with Gasteiger partial charge in [0.1, 0.15) is 5.75 Å². The van der Waals surface area contributed by atoms with Crippen molar-refractivity contribution in [3.05, 3.63) is 41.0 Å². The van der Waals surface area contributed by atoms with Gasteiger partial charge >= 0.3 is 0 Å². The summed E-state index contributed by atoms with van der Waals surface area (Å²) < 4.78 is 0. The van der Waals surface area contributed by atoms with E-state index >= 15 is 0 Å². The number of fused-ring (bicyclic) bond motifs is 3. The number of phenols is 1. The first-order valence-electron chi connectivity index (χ1n) is 13.4. The molecule has 4 aliphatic carbocycles. The minimum atomic E-state index is -2.71. The second-order valence-electron chi connectivity index (χ2n) is 11.9. The van der Waals surface area contributed by atoms with E-state index in [1.807, 2.05) is 18.0 Å². The van der Waals surface area contributed by atoms with Crippen LogP contribution < -0.4 is 5.73 Å². The standard InChI is InChI=1S/C29H35N3O7/c1-5-8-32(4)12-15-10-16(13-6-7-13)17-9-14-11-18-22(31(2)3)25(35)21(28(30)38)27(37)29(18,39)26(36)19(14)24(34)20(17)23(15)33/h5,10,13-14,18-19,21-22,33,39H,1,6-9,11-12H2,2-4H3,(H2,30,38)/t14-,18-,19?,21?,22-,29-/m0/s1. The Labute approximate surface area is 226 Å². The van der Waals surface area contributed by atoms with Crippen LogP contribution in [0.3, 0.4) is 0 Å². The van der Waals surface area contributed by atoms with Crippen molar-refractivity contribution in [1.29, 1.82) is 0 Å². The summed E-state index contributed by atoms with van der Waals surface area (Å²) in [5.41, 5.74) is 4.99. The first-order chi connectivity index (χ1) is 18.3. The summed E-state index contributed by atoms with van der Waals surface area (Å²) in [4.78, 5) is 70.2. The molecule has 0 heterocycles. The molecule has 1 aromatic rings. The number of carbonyl (C=O) groups excluding carboxylic acids is 5. The molecule has 0 aliphatic heterocycles. The molecule has 208 valence electrons. The zero-order valence-electron chi connectivity index (χ0n) is 22.5. The second kappa shape index (κ2) is 9.46. The van der Waals surface area contributed by atoms with E-state index in [1.165, 1.54) is 4.90 Å². The van der Waals surface area contributed by atoms with Crippen LogP contribution in [-0.4, -0.2) is 88.4 Å². The lowest BCUT2D eigenvalue weighted by atomic mass is 9.52. The van der Waals surface area contributed by atoms with Crippen molar-refractivity contribution in [1.82, 2.24) is 9.80 Å². The molecule has 4 N–H and O–H groups in total. The van der Waals surface area contributed by atoms with Gasteiger partial charge in [0.15, 0.2) is 34.7 Å². The summed E-state index contributed by atoms with van der Waals surface area (Å²) in [5.74, 6) is -9.88. The number of rotatable bonds is 7. The number of aliphatic hydroxyl groups is 1. The van der Waals surface area contributed by atoms with Crippen molar-refractivity contribution in [3.8, 4) is 5.75 Å². The fourth-order valence-electron chi connectivity index (χ4n) is 7.21. The van der Waals surface area contributed by atoms with Crippen molar-refractivity contribution in [2.45, 2.75) is 49.8 Å². The van der Waals surface area contributed by atoms with Gasteiger partial charge in [-0.3, -0.25) is 33.8 Å². The molecule has 10 heteroatoms. The lowest BCUT2D eigenvalue weighted by molar-refractivity contribution is -0.181. The van der Waals surface area contributed by atoms with Gasteiger partial charge in [-0.05, 0) is 69.8 Å². The van der Waals surface area contributed by atoms with E-state index in [0.29, 0.717) is 30.6 Å². The predicted octanol–water partition coefficient (Wildman–Crippen LogP) is 0.362. The van der Waals surface area contributed by atoms with E-state index < -0.39 is 64.4 Å². The van der Waals surface area contributed by atoms with Gasteiger partial charge in [0.05, 0.1) is 17.5 Å². The number of hydrogen-bond donors (Lipinski definition) is 3. The van der Waals surface area contributed by atoms with Gasteiger partial charge in [-0.1, -0.05) is 12.1 Å². The van der Waals surface area contributed by atoms with Gasteiger partial charge in [-0.2, -0.15) is 0 Å². The topological polar surface area (TPSA) is 158 Å². The molecule has 10 nitrogen and oxygen atoms in total. The maximum Gasteiger partial charge on any atom is 0.235 e. The number of amides is 1. The van der Waals surface area contributed by atoms with Crippen molar-refractivity contribution < 1.29 is 34.2 Å². The van der Waals surface area contributed by atoms with Crippen LogP contribution in [-0.2, 0) is 32.1 Å². The van der Waals surface area contributed by atoms with Gasteiger partial charge in [0, 0.05) is 24.6 Å². The normalized spacial score (nSPS) is 32.2. The Bertz CT molecular complexity index is 1320. The number of nitrogens with two attached hydrogens (primary N) is 1. The van der Waals surface area contributed by atoms with E-state index in [0.717, 1.165) is 18.4 Å². The lowest BCUT2D eigenvalue weighted by Crippen LogP contribution is -2.74. The summed E-state index contributed by atoms with van der Waals surface area (Å²) in [7, 11) is 5.01. The minimum Gasteiger partial charge on any atom is -0.507 e. The van der Waals surface area contributed by atoms with Gasteiger partial charge < -0.3 is 15.9 Å². The van der Waals surface area contributed by atoms with Crippen LogP contribution in [0.4, 0.5) is 0 Å². The summed E-state index contributed by atoms with van der Waals surface area (Å²) in [6.45, 7) is 4.66. The van der Waals surface area contributed by atoms with Gasteiger partial charge in [0.2, 0.25) is 5.91 Å². The van der Waals surface area contributed by atoms with Gasteiger partial charge in [-0.15, -0.1) is 6.58 Å². The van der Waals surface area contributed by atoms with Crippen LogP contribution >= 0.6 is 0 Å². The molecule has 6 atom stereocenters. The molecule has 1 amide bonds. The molecule has 0 aromatic heterocycles. The highest BCUT2D eigenvalue weighted by Crippen LogP contribution is 2.53. The number of primary amides is 1. The Balaban J connectivity index is 1.63. The molecule has 39 heavy (non-hydrogen) atoms. The molecule has 0 saturated heterocycles. The number of aromatic hydroxyl groups is 1. The predicted molar refractivity (Wildman–Crippen MR) is 140 cm³/mol. The quantitative estimate of drug-likeness (QED) is 0.330. The van der Waals surface area contributed by atoms with Crippen LogP contribution in [0.1, 0.15) is 52.2 Å². The largest absolute Gasteiger partial charge is 0.507 e. The first kappa shape index (κ1) is 27.4. The minimum absolute atomic E-state index is 0.0542. The maximum absolute atomic E-state index is 14.1. The fourth-order valence-corrected chi connectivity index (χ4v) is 7.21. The Hall–Kier alpha value is -3.21. The molecule has 0 spiro atoms. The molecule has 3 fully saturated rings. The van der Waals surface area contributed by atoms with Crippen molar-refractivity contribution >= 4 is 29.0 Å². The Morgan fingerprint density at radius 1 is 1.18 bits per heavy atom. The Morgan fingerprint density at radius 3 is 2.41 bits per heavy atom. The van der Waals surface area contributed by atoms with Crippen LogP contribution in [0.15, 0.2) is 18.7 Å². The molecule has 0 bridgehead atoms. The zero-order valence-corrected chi connectivity index (χ0v) is 22.5. The third kappa shape index (κ3) is 3.99. The molecule has 0 radical (unpaired) electrons. The smallest absolute Gasteiger partial charge is 0.235 e. The van der Waals surface area contributed by atoms with Crippen LogP contribution in [0.5, 0.6) is 5.75 Å². The van der Waals surface area contributed by atoms with Crippen molar-refractivity contribution in [2.75, 3.05) is 27.7 Å². The number of phenolic OH excluding ortho intramolecular Hbond substituents is 1. The molecule has 1 aromatic carbocycles. The number of nitrogens with zero attached hydrogens (tertiary/aromatic N) is 2. The molecule has 5 rings (SSSR count). The highest BCUT2D eigenvalue weighted by atomic mass is 16.3. The van der Waals surface area contributed by atoms with E-state index in [2.05, 4.69) is 6.58 Å². The summed E-state index contributed by atoms with van der Waals surface area (Å²) in [5, 5.41) is 23.0. The van der Waals surface area contributed by atoms with Crippen molar-refractivity contribution in [2.24, 2.45) is 29.4 Å². The fraction of sp³-hybridized carbons (Fsp3) is 0.552. The Kier molecular flexibility index (Phi) is 6.64. The summed E-state index contributed by atoms with van der Waals surface area (Å²) in [6.07, 6.45) is 4.01. The van der Waals surface area contributed by atoms with E-state index in [9.17, 15) is 34.2 Å². The highest BCUT2D eigenvalue weighted by molar-refractivity contribution is 6.32. The number of likely N-dealkylation sites (N-methyl/N-ethyl adjacent to an activating group) is 2. The highest BCUT2D eigenvalue weighted by Gasteiger charge is 2.69. The third-order valence-corrected chi connectivity index (χ3v) is 9.07. The van der Waals surface area contributed by atoms with Crippen LogP contribution in [0.25, 0.3) is 0 Å². The third-order valence-electron chi connectivity index (χ3n) is 9.07. The zero-order chi connectivity index (χ0) is 28.5. The molecule has 3 saturated carbocycles. The number of Topliss-reactive ketones (excluding diaryl/α,β-unsaturated/α-hetero) is 4. The Morgan fingerprint density at radius 2 is 1.85 bits per heavy atom. The van der Waals surface area contributed by atoms with Crippen LogP contribution in [0, 0.1) is 23.7 Å². The summed E-state index contributed by atoms with van der Waals surface area (Å²) in [6, 6.07) is 0.846. The summed E-state index contributed by atoms with van der Waals surface area (Å²) >= 11 is 0.